The van der Waals surface area contributed by atoms with Crippen molar-refractivity contribution in [3.8, 4) is 0 Å². The van der Waals surface area contributed by atoms with E-state index in [0.717, 1.165) is 6.42 Å². The van der Waals surface area contributed by atoms with Gasteiger partial charge in [-0.3, -0.25) is 4.79 Å². The third-order valence-electron chi connectivity index (χ3n) is 1.74. The summed E-state index contributed by atoms with van der Waals surface area (Å²) in [5.74, 6) is -0.647. The van der Waals surface area contributed by atoms with Crippen LogP contribution in [0.2, 0.25) is 0 Å². The Morgan fingerprint density at radius 2 is 2.38 bits per heavy atom. The van der Waals surface area contributed by atoms with E-state index in [1.54, 1.807) is 6.92 Å². The molecule has 0 saturated carbocycles. The second-order valence-electron chi connectivity index (χ2n) is 2.90. The average molecular weight is 184 g/mol. The summed E-state index contributed by atoms with van der Waals surface area (Å²) in [5, 5.41) is 11.4. The average Bonchev–Trinajstić information content (AvgIpc) is 2.11. The highest BCUT2D eigenvalue weighted by atomic mass is 16.4. The number of nitrogens with one attached hydrogen (secondary N) is 1. The van der Waals surface area contributed by atoms with Crippen molar-refractivity contribution in [2.45, 2.75) is 19.8 Å². The minimum absolute atomic E-state index is 0.296. The molecule has 0 aromatic heterocycles. The molecule has 74 valence electrons. The normalized spacial score (nSPS) is 11.5. The maximum atomic E-state index is 10.4. The predicted molar refractivity (Wildman–Crippen MR) is 50.9 cm³/mol. The summed E-state index contributed by atoms with van der Waals surface area (Å²) in [4.78, 5) is 10.4. The van der Waals surface area contributed by atoms with E-state index < -0.39 is 5.97 Å². The van der Waals surface area contributed by atoms with Gasteiger partial charge in [-0.2, -0.15) is 0 Å². The molecule has 13 heavy (non-hydrogen) atoms. The highest BCUT2D eigenvalue weighted by molar-refractivity contribution is 5.69. The molecule has 0 aliphatic carbocycles. The molecule has 0 rings (SSSR count). The number of hydrogen-bond donors (Lipinski definition) is 3. The molecule has 0 aromatic rings. The van der Waals surface area contributed by atoms with Crippen LogP contribution in [0.15, 0.2) is 18.1 Å². The zero-order valence-electron chi connectivity index (χ0n) is 7.84. The Bertz CT molecular complexity index is 220. The molecule has 4 N–H and O–H groups in total. The van der Waals surface area contributed by atoms with Crippen LogP contribution >= 0.6 is 0 Å². The molecule has 1 atom stereocenters. The van der Waals surface area contributed by atoms with E-state index >= 15 is 0 Å². The van der Waals surface area contributed by atoms with Gasteiger partial charge in [0.25, 0.3) is 0 Å². The van der Waals surface area contributed by atoms with Crippen LogP contribution in [0.4, 0.5) is 0 Å². The topological polar surface area (TPSA) is 75.3 Å². The molecule has 0 aromatic carbocycles. The van der Waals surface area contributed by atoms with E-state index in [1.807, 2.05) is 0 Å². The first kappa shape index (κ1) is 11.6. The van der Waals surface area contributed by atoms with Crippen LogP contribution in [0.5, 0.6) is 0 Å². The Labute approximate surface area is 78.1 Å². The monoisotopic (exact) mass is 184 g/mol. The Kier molecular flexibility index (Phi) is 5.48. The minimum Gasteiger partial charge on any atom is -0.481 e. The lowest BCUT2D eigenvalue weighted by molar-refractivity contribution is -0.141. The molecule has 4 nitrogen and oxygen atoms in total. The van der Waals surface area contributed by atoms with Gasteiger partial charge in [-0.25, -0.2) is 0 Å². The lowest BCUT2D eigenvalue weighted by Crippen LogP contribution is -2.21. The van der Waals surface area contributed by atoms with E-state index in [9.17, 15) is 4.79 Å². The highest BCUT2D eigenvalue weighted by Crippen LogP contribution is 2.04. The van der Waals surface area contributed by atoms with Crippen LogP contribution in [-0.2, 0) is 4.79 Å². The number of carboxylic acid groups (broad SMARTS) is 1. The smallest absolute Gasteiger partial charge is 0.306 e. The molecule has 0 spiro atoms. The fraction of sp³-hybridized carbons (Fsp3) is 0.556. The zero-order valence-corrected chi connectivity index (χ0v) is 7.84. The second kappa shape index (κ2) is 6.14. The molecule has 0 bridgehead atoms. The Balaban J connectivity index is 3.46. The molecule has 0 radical (unpaired) electrons. The lowest BCUT2D eigenvalue weighted by atomic mass is 10.1. The van der Waals surface area contributed by atoms with Gasteiger partial charge in [-0.1, -0.05) is 19.2 Å². The first-order chi connectivity index (χ1) is 6.07. The number of rotatable bonds is 6. The predicted octanol–water partition coefficient (Wildman–Crippen LogP) is 0.662. The summed E-state index contributed by atoms with van der Waals surface area (Å²) in [6.45, 7) is 5.71. The van der Waals surface area contributed by atoms with Crippen molar-refractivity contribution in [3.05, 3.63) is 18.1 Å². The number of nitrogens with two attached hydrogens (primary N) is 1. The van der Waals surface area contributed by atoms with Crippen LogP contribution in [0, 0.1) is 5.92 Å². The summed E-state index contributed by atoms with van der Waals surface area (Å²) in [6, 6.07) is 0. The summed E-state index contributed by atoms with van der Waals surface area (Å²) < 4.78 is 0. The van der Waals surface area contributed by atoms with Gasteiger partial charge < -0.3 is 16.2 Å². The molecular weight excluding hydrogens is 168 g/mol. The van der Waals surface area contributed by atoms with Crippen molar-refractivity contribution >= 4 is 5.97 Å². The van der Waals surface area contributed by atoms with Gasteiger partial charge in [0, 0.05) is 6.54 Å². The van der Waals surface area contributed by atoms with Crippen molar-refractivity contribution < 1.29 is 9.90 Å². The van der Waals surface area contributed by atoms with E-state index in [-0.39, 0.29) is 5.92 Å². The molecule has 1 unspecified atom stereocenters. The molecule has 0 aliphatic heterocycles. The van der Waals surface area contributed by atoms with Crippen LogP contribution in [0.1, 0.15) is 19.8 Å². The van der Waals surface area contributed by atoms with Gasteiger partial charge in [-0.05, 0) is 12.8 Å². The molecular formula is C9H16N2O2. The number of hydrogen-bond acceptors (Lipinski definition) is 3. The van der Waals surface area contributed by atoms with Crippen molar-refractivity contribution in [1.82, 2.24) is 5.32 Å². The summed E-state index contributed by atoms with van der Waals surface area (Å²) >= 11 is 0. The quantitative estimate of drug-likeness (QED) is 0.419. The third-order valence-corrected chi connectivity index (χ3v) is 1.74. The van der Waals surface area contributed by atoms with Crippen molar-refractivity contribution in [3.63, 3.8) is 0 Å². The van der Waals surface area contributed by atoms with E-state index in [2.05, 4.69) is 17.6 Å². The highest BCUT2D eigenvalue weighted by Gasteiger charge is 2.09. The summed E-state index contributed by atoms with van der Waals surface area (Å²) in [7, 11) is 0. The largest absolute Gasteiger partial charge is 0.481 e. The van der Waals surface area contributed by atoms with Crippen LogP contribution in [0.25, 0.3) is 0 Å². The fourth-order valence-electron chi connectivity index (χ4n) is 0.817. The number of carboxylic acids is 1. The Hall–Kier alpha value is -1.41. The van der Waals surface area contributed by atoms with Gasteiger partial charge in [0.2, 0.25) is 0 Å². The lowest BCUT2D eigenvalue weighted by Gasteiger charge is -2.06. The molecule has 0 amide bonds. The first-order valence-corrected chi connectivity index (χ1v) is 4.20. The second-order valence-corrected chi connectivity index (χ2v) is 2.90. The van der Waals surface area contributed by atoms with Crippen molar-refractivity contribution in [2.24, 2.45) is 11.7 Å². The fourth-order valence-corrected chi connectivity index (χ4v) is 0.817. The molecule has 4 heteroatoms. The first-order valence-electron chi connectivity index (χ1n) is 4.20. The van der Waals surface area contributed by atoms with Gasteiger partial charge in [0.1, 0.15) is 5.82 Å². The van der Waals surface area contributed by atoms with Gasteiger partial charge >= 0.3 is 5.97 Å². The van der Waals surface area contributed by atoms with Gasteiger partial charge in [0.05, 0.1) is 5.92 Å². The van der Waals surface area contributed by atoms with E-state index in [1.165, 1.54) is 0 Å². The van der Waals surface area contributed by atoms with Crippen molar-refractivity contribution in [1.29, 1.82) is 0 Å². The van der Waals surface area contributed by atoms with Gasteiger partial charge in [-0.15, -0.1) is 0 Å². The number of aliphatic carboxylic acids is 1. The molecule has 0 fully saturated rings. The standard InChI is InChI=1S/C9H16N2O2/c1-3-8(10)11-6-4-5-7(2)9(12)13/h7,11H,1,4-6,10H2,2H3,(H,12,13). The SMILES string of the molecule is C=C=C(N)NCCCC(C)C(=O)O. The van der Waals surface area contributed by atoms with Crippen LogP contribution in [0.3, 0.4) is 0 Å². The van der Waals surface area contributed by atoms with Crippen LogP contribution < -0.4 is 11.1 Å². The molecule has 0 heterocycles. The maximum Gasteiger partial charge on any atom is 0.306 e. The van der Waals surface area contributed by atoms with E-state index in [4.69, 9.17) is 10.8 Å². The Morgan fingerprint density at radius 3 is 2.85 bits per heavy atom. The summed E-state index contributed by atoms with van der Waals surface area (Å²) in [6.07, 6.45) is 1.42. The van der Waals surface area contributed by atoms with Crippen molar-refractivity contribution in [2.75, 3.05) is 6.54 Å². The zero-order chi connectivity index (χ0) is 10.3. The maximum absolute atomic E-state index is 10.4. The third kappa shape index (κ3) is 5.82. The van der Waals surface area contributed by atoms with E-state index in [0.29, 0.717) is 18.8 Å². The Morgan fingerprint density at radius 1 is 1.77 bits per heavy atom. The molecule has 0 aliphatic rings. The van der Waals surface area contributed by atoms with Crippen LogP contribution in [-0.4, -0.2) is 17.6 Å². The molecule has 0 saturated heterocycles. The minimum atomic E-state index is -0.757. The van der Waals surface area contributed by atoms with Gasteiger partial charge in [0.15, 0.2) is 0 Å². The summed E-state index contributed by atoms with van der Waals surface area (Å²) in [5.41, 5.74) is 7.86. The number of carbonyl (C=O) groups is 1.